The molecule has 1 saturated carbocycles. The van der Waals surface area contributed by atoms with Gasteiger partial charge in [0.2, 0.25) is 0 Å². The van der Waals surface area contributed by atoms with E-state index < -0.39 is 0 Å². The molecule has 118 valence electrons. The molecule has 0 saturated heterocycles. The van der Waals surface area contributed by atoms with Crippen molar-refractivity contribution in [2.75, 3.05) is 14.2 Å². The molecule has 3 heteroatoms. The molecule has 1 fully saturated rings. The Balaban J connectivity index is 2.14. The summed E-state index contributed by atoms with van der Waals surface area (Å²) in [6.07, 6.45) is 3.79. The van der Waals surface area contributed by atoms with Crippen molar-refractivity contribution in [2.45, 2.75) is 52.2 Å². The van der Waals surface area contributed by atoms with Crippen molar-refractivity contribution >= 4 is 0 Å². The first-order valence-electron chi connectivity index (χ1n) is 8.03. The van der Waals surface area contributed by atoms with Gasteiger partial charge in [-0.25, -0.2) is 0 Å². The normalized spacial score (nSPS) is 25.9. The number of ether oxygens (including phenoxy) is 2. The molecule has 3 nitrogen and oxygen atoms in total. The van der Waals surface area contributed by atoms with Crippen LogP contribution in [0.3, 0.4) is 0 Å². The molecule has 0 radical (unpaired) electrons. The Hall–Kier alpha value is -1.22. The second kappa shape index (κ2) is 7.17. The first-order valence-corrected chi connectivity index (χ1v) is 8.03. The predicted octanol–water partition coefficient (Wildman–Crippen LogP) is 3.80. The molecule has 3 unspecified atom stereocenters. The summed E-state index contributed by atoms with van der Waals surface area (Å²) < 4.78 is 11.8. The van der Waals surface area contributed by atoms with Crippen molar-refractivity contribution in [2.24, 2.45) is 11.8 Å². The molecule has 1 aliphatic carbocycles. The van der Waals surface area contributed by atoms with Crippen LogP contribution in [0.15, 0.2) is 18.2 Å². The molecule has 0 bridgehead atoms. The zero-order chi connectivity index (χ0) is 15.4. The van der Waals surface area contributed by atoms with E-state index in [9.17, 15) is 0 Å². The minimum Gasteiger partial charge on any atom is -0.493 e. The van der Waals surface area contributed by atoms with Gasteiger partial charge in [-0.15, -0.1) is 0 Å². The Kier molecular flexibility index (Phi) is 5.51. The smallest absolute Gasteiger partial charge is 0.161 e. The van der Waals surface area contributed by atoms with Gasteiger partial charge in [-0.1, -0.05) is 19.9 Å². The van der Waals surface area contributed by atoms with Crippen LogP contribution in [0.4, 0.5) is 0 Å². The standard InChI is InChI=1S/C18H29NO2/c1-12(2)14-7-8-15(19-4)17(11-14)21-16-9-6-13(3)10-18(16)20-5/h6,9-10,12,14-15,17,19H,7-8,11H2,1-5H3. The lowest BCUT2D eigenvalue weighted by molar-refractivity contribution is 0.0726. The molecule has 1 aromatic carbocycles. The zero-order valence-corrected chi connectivity index (χ0v) is 14.0. The summed E-state index contributed by atoms with van der Waals surface area (Å²) in [4.78, 5) is 0. The van der Waals surface area contributed by atoms with Gasteiger partial charge in [0, 0.05) is 6.04 Å². The Morgan fingerprint density at radius 3 is 2.57 bits per heavy atom. The summed E-state index contributed by atoms with van der Waals surface area (Å²) in [6.45, 7) is 6.69. The number of rotatable bonds is 5. The topological polar surface area (TPSA) is 30.5 Å². The number of methoxy groups -OCH3 is 1. The lowest BCUT2D eigenvalue weighted by Gasteiger charge is -2.37. The molecule has 0 heterocycles. The van der Waals surface area contributed by atoms with Crippen LogP contribution in [0.25, 0.3) is 0 Å². The van der Waals surface area contributed by atoms with Gasteiger partial charge in [0.1, 0.15) is 6.10 Å². The van der Waals surface area contributed by atoms with E-state index in [1.165, 1.54) is 18.4 Å². The van der Waals surface area contributed by atoms with E-state index in [1.54, 1.807) is 7.11 Å². The van der Waals surface area contributed by atoms with E-state index >= 15 is 0 Å². The van der Waals surface area contributed by atoms with E-state index in [2.05, 4.69) is 32.2 Å². The van der Waals surface area contributed by atoms with Crippen LogP contribution in [-0.2, 0) is 0 Å². The van der Waals surface area contributed by atoms with Crippen LogP contribution in [-0.4, -0.2) is 26.3 Å². The average Bonchev–Trinajstić information content (AvgIpc) is 2.48. The van der Waals surface area contributed by atoms with Crippen molar-refractivity contribution in [1.82, 2.24) is 5.32 Å². The summed E-state index contributed by atoms with van der Waals surface area (Å²) in [7, 11) is 3.73. The van der Waals surface area contributed by atoms with E-state index in [4.69, 9.17) is 9.47 Å². The van der Waals surface area contributed by atoms with Gasteiger partial charge in [-0.3, -0.25) is 0 Å². The van der Waals surface area contributed by atoms with E-state index in [0.717, 1.165) is 23.8 Å². The summed E-state index contributed by atoms with van der Waals surface area (Å²) in [6, 6.07) is 6.56. The van der Waals surface area contributed by atoms with Crippen LogP contribution in [0.5, 0.6) is 11.5 Å². The third kappa shape index (κ3) is 3.91. The van der Waals surface area contributed by atoms with Crippen LogP contribution in [0.2, 0.25) is 0 Å². The maximum Gasteiger partial charge on any atom is 0.161 e. The first kappa shape index (κ1) is 16.2. The van der Waals surface area contributed by atoms with Crippen molar-refractivity contribution < 1.29 is 9.47 Å². The largest absolute Gasteiger partial charge is 0.493 e. The summed E-state index contributed by atoms with van der Waals surface area (Å²) in [5, 5.41) is 3.42. The molecule has 2 rings (SSSR count). The van der Waals surface area contributed by atoms with E-state index in [-0.39, 0.29) is 6.10 Å². The third-order valence-electron chi connectivity index (χ3n) is 4.74. The highest BCUT2D eigenvalue weighted by Crippen LogP contribution is 2.35. The fourth-order valence-electron chi connectivity index (χ4n) is 3.26. The molecule has 1 aliphatic rings. The highest BCUT2D eigenvalue weighted by Gasteiger charge is 2.32. The van der Waals surface area contributed by atoms with Gasteiger partial charge in [0.15, 0.2) is 11.5 Å². The molecule has 0 amide bonds. The maximum absolute atomic E-state index is 6.33. The molecule has 0 aliphatic heterocycles. The molecule has 0 spiro atoms. The average molecular weight is 291 g/mol. The number of hydrogen-bond donors (Lipinski definition) is 1. The number of benzene rings is 1. The van der Waals surface area contributed by atoms with Crippen molar-refractivity contribution in [3.05, 3.63) is 23.8 Å². The molecule has 1 N–H and O–H groups in total. The molecular formula is C18H29NO2. The van der Waals surface area contributed by atoms with Crippen LogP contribution in [0.1, 0.15) is 38.7 Å². The van der Waals surface area contributed by atoms with Crippen molar-refractivity contribution in [1.29, 1.82) is 0 Å². The second-order valence-electron chi connectivity index (χ2n) is 6.52. The third-order valence-corrected chi connectivity index (χ3v) is 4.74. The Labute approximate surface area is 129 Å². The summed E-state index contributed by atoms with van der Waals surface area (Å²) in [5.41, 5.74) is 1.19. The fourth-order valence-corrected chi connectivity index (χ4v) is 3.26. The van der Waals surface area contributed by atoms with E-state index in [1.807, 2.05) is 19.2 Å². The second-order valence-corrected chi connectivity index (χ2v) is 6.52. The van der Waals surface area contributed by atoms with Crippen LogP contribution >= 0.6 is 0 Å². The van der Waals surface area contributed by atoms with Gasteiger partial charge in [-0.2, -0.15) is 0 Å². The van der Waals surface area contributed by atoms with Gasteiger partial charge in [-0.05, 0) is 62.8 Å². The van der Waals surface area contributed by atoms with E-state index in [0.29, 0.717) is 12.0 Å². The van der Waals surface area contributed by atoms with Gasteiger partial charge >= 0.3 is 0 Å². The van der Waals surface area contributed by atoms with Gasteiger partial charge in [0.05, 0.1) is 7.11 Å². The quantitative estimate of drug-likeness (QED) is 0.895. The molecule has 1 aromatic rings. The predicted molar refractivity (Wildman–Crippen MR) is 87.2 cm³/mol. The Morgan fingerprint density at radius 1 is 1.19 bits per heavy atom. The number of nitrogens with one attached hydrogen (secondary N) is 1. The number of likely N-dealkylation sites (N-methyl/N-ethyl adjacent to an activating group) is 1. The van der Waals surface area contributed by atoms with Crippen LogP contribution in [0, 0.1) is 18.8 Å². The number of aryl methyl sites for hydroxylation is 1. The first-order chi connectivity index (χ1) is 10.0. The SMILES string of the molecule is CNC1CCC(C(C)C)CC1Oc1ccc(C)cc1OC. The van der Waals surface area contributed by atoms with Gasteiger partial charge < -0.3 is 14.8 Å². The maximum atomic E-state index is 6.33. The monoisotopic (exact) mass is 291 g/mol. The minimum absolute atomic E-state index is 0.216. The van der Waals surface area contributed by atoms with Crippen molar-refractivity contribution in [3.8, 4) is 11.5 Å². The number of hydrogen-bond acceptors (Lipinski definition) is 3. The Bertz CT molecular complexity index is 459. The highest BCUT2D eigenvalue weighted by atomic mass is 16.5. The van der Waals surface area contributed by atoms with Crippen molar-refractivity contribution in [3.63, 3.8) is 0 Å². The summed E-state index contributed by atoms with van der Waals surface area (Å²) >= 11 is 0. The van der Waals surface area contributed by atoms with Gasteiger partial charge in [0.25, 0.3) is 0 Å². The molecule has 0 aromatic heterocycles. The minimum atomic E-state index is 0.216. The highest BCUT2D eigenvalue weighted by molar-refractivity contribution is 5.42. The molecule has 3 atom stereocenters. The lowest BCUT2D eigenvalue weighted by atomic mass is 9.78. The zero-order valence-electron chi connectivity index (χ0n) is 14.0. The fraction of sp³-hybridized carbons (Fsp3) is 0.667. The molecular weight excluding hydrogens is 262 g/mol. The lowest BCUT2D eigenvalue weighted by Crippen LogP contribution is -2.46. The Morgan fingerprint density at radius 2 is 1.95 bits per heavy atom. The summed E-state index contributed by atoms with van der Waals surface area (Å²) in [5.74, 6) is 3.15. The van der Waals surface area contributed by atoms with Crippen LogP contribution < -0.4 is 14.8 Å². The molecule has 21 heavy (non-hydrogen) atoms.